The van der Waals surface area contributed by atoms with Crippen molar-refractivity contribution in [2.75, 3.05) is 20.7 Å². The summed E-state index contributed by atoms with van der Waals surface area (Å²) in [5.41, 5.74) is 0.300. The Morgan fingerprint density at radius 2 is 2.45 bits per heavy atom. The van der Waals surface area contributed by atoms with Gasteiger partial charge in [0, 0.05) is 26.1 Å². The first-order valence-electron chi connectivity index (χ1n) is 10.2. The van der Waals surface area contributed by atoms with Gasteiger partial charge in [0.25, 0.3) is 0 Å². The lowest BCUT2D eigenvalue weighted by atomic mass is 9.52. The number of piperidine rings is 1. The van der Waals surface area contributed by atoms with Crippen molar-refractivity contribution in [3.05, 3.63) is 23.2 Å². The minimum Gasteiger partial charge on any atom is -0.493 e. The minimum absolute atomic E-state index is 0.0436. The van der Waals surface area contributed by atoms with Crippen molar-refractivity contribution in [3.8, 4) is 11.5 Å². The number of ether oxygens (including phenoxy) is 2. The molecular weight excluding hydrogens is 278 g/mol. The number of ketones is 1. The lowest BCUT2D eigenvalue weighted by molar-refractivity contribution is -0.138. The molecule has 2 bridgehead atoms. The molecule has 0 N–H and O–H groups in total. The third-order valence-electron chi connectivity index (χ3n) is 5.95. The quantitative estimate of drug-likeness (QED) is 0.795. The molecule has 116 valence electrons. The van der Waals surface area contributed by atoms with Crippen LogP contribution in [-0.2, 0) is 16.6 Å². The topological polar surface area (TPSA) is 38.8 Å². The molecule has 2 heterocycles. The predicted molar refractivity (Wildman–Crippen MR) is 81.6 cm³/mol. The Kier molecular flexibility index (Phi) is 1.64. The van der Waals surface area contributed by atoms with Gasteiger partial charge in [-0.25, -0.2) is 0 Å². The number of carbonyl (C=O) groups is 1. The highest BCUT2D eigenvalue weighted by molar-refractivity contribution is 5.89. The average Bonchev–Trinajstić information content (AvgIpc) is 2.87. The normalized spacial score (nSPS) is 47.4. The SMILES string of the molecule is [2H]c1c([2H])c(OC)c2c3c1C[C@@H]1[C@@H]4CC([2H])([2H])C(=O)C([2H])(O2)[C@]34CCN1C. The van der Waals surface area contributed by atoms with E-state index in [1.807, 2.05) is 7.05 Å². The van der Waals surface area contributed by atoms with E-state index in [4.69, 9.17) is 16.3 Å². The predicted octanol–water partition coefficient (Wildman–Crippen LogP) is 1.93. The molecule has 22 heavy (non-hydrogen) atoms. The molecule has 1 saturated carbocycles. The molecule has 0 aromatic heterocycles. The van der Waals surface area contributed by atoms with Crippen molar-refractivity contribution < 1.29 is 21.1 Å². The lowest BCUT2D eigenvalue weighted by Gasteiger charge is -2.57. The zero-order valence-corrected chi connectivity index (χ0v) is 12.7. The summed E-state index contributed by atoms with van der Waals surface area (Å²) in [6, 6.07) is -0.150. The summed E-state index contributed by atoms with van der Waals surface area (Å²) in [5, 5.41) is 0. The minimum atomic E-state index is -2.15. The summed E-state index contributed by atoms with van der Waals surface area (Å²) < 4.78 is 53.8. The van der Waals surface area contributed by atoms with E-state index in [0.29, 0.717) is 30.5 Å². The van der Waals surface area contributed by atoms with Crippen LogP contribution in [0.1, 0.15) is 37.2 Å². The van der Waals surface area contributed by atoms with E-state index in [-0.39, 0.29) is 42.0 Å². The number of rotatable bonds is 1. The number of likely N-dealkylation sites (N-methyl/N-ethyl adjacent to an activating group) is 1. The van der Waals surface area contributed by atoms with Crippen LogP contribution >= 0.6 is 0 Å². The fourth-order valence-electron chi connectivity index (χ4n) is 4.96. The van der Waals surface area contributed by atoms with Crippen LogP contribution in [0.4, 0.5) is 0 Å². The van der Waals surface area contributed by atoms with Crippen molar-refractivity contribution in [1.82, 2.24) is 4.90 Å². The van der Waals surface area contributed by atoms with Crippen molar-refractivity contribution in [3.63, 3.8) is 0 Å². The fourth-order valence-corrected chi connectivity index (χ4v) is 4.96. The smallest absolute Gasteiger partial charge is 0.174 e. The Morgan fingerprint density at radius 3 is 3.27 bits per heavy atom. The van der Waals surface area contributed by atoms with E-state index in [2.05, 4.69) is 4.90 Å². The van der Waals surface area contributed by atoms with Gasteiger partial charge in [-0.05, 0) is 50.4 Å². The molecule has 2 fully saturated rings. The Hall–Kier alpha value is -1.55. The number of carbonyl (C=O) groups excluding carboxylic acids is 1. The third-order valence-corrected chi connectivity index (χ3v) is 5.95. The monoisotopic (exact) mass is 304 g/mol. The molecule has 1 aromatic carbocycles. The summed E-state index contributed by atoms with van der Waals surface area (Å²) in [6.07, 6.45) is -3.22. The van der Waals surface area contributed by atoms with Crippen molar-refractivity contribution >= 4 is 5.78 Å². The largest absolute Gasteiger partial charge is 0.493 e. The molecule has 4 atom stereocenters. The number of nitrogens with zero attached hydrogens (tertiary/aromatic N) is 1. The molecule has 1 aromatic rings. The summed E-state index contributed by atoms with van der Waals surface area (Å²) in [7, 11) is 3.35. The third kappa shape index (κ3) is 1.27. The first-order valence-corrected chi connectivity index (χ1v) is 7.75. The Bertz CT molecular complexity index is 906. The van der Waals surface area contributed by atoms with Crippen LogP contribution < -0.4 is 9.47 Å². The highest BCUT2D eigenvalue weighted by Crippen LogP contribution is 2.62. The van der Waals surface area contributed by atoms with Gasteiger partial charge in [-0.2, -0.15) is 0 Å². The van der Waals surface area contributed by atoms with Gasteiger partial charge in [-0.1, -0.05) is 6.04 Å². The molecule has 5 rings (SSSR count). The molecule has 4 heteroatoms. The highest BCUT2D eigenvalue weighted by Gasteiger charge is 2.65. The van der Waals surface area contributed by atoms with Crippen molar-refractivity contribution in [1.29, 1.82) is 0 Å². The van der Waals surface area contributed by atoms with E-state index in [9.17, 15) is 4.79 Å². The van der Waals surface area contributed by atoms with Crippen LogP contribution in [0.15, 0.2) is 12.1 Å². The second kappa shape index (κ2) is 4.05. The molecule has 4 aliphatic rings. The molecule has 0 amide bonds. The zero-order chi connectivity index (χ0) is 19.5. The molecule has 1 saturated heterocycles. The maximum absolute atomic E-state index is 13.1. The molecule has 2 aliphatic carbocycles. The lowest BCUT2D eigenvalue weighted by Crippen LogP contribution is -2.65. The Morgan fingerprint density at radius 1 is 1.59 bits per heavy atom. The highest BCUT2D eigenvalue weighted by atomic mass is 16.5. The number of likely N-dealkylation sites (tertiary alicyclic amines) is 1. The van der Waals surface area contributed by atoms with Gasteiger partial charge < -0.3 is 14.4 Å². The van der Waals surface area contributed by atoms with E-state index in [1.54, 1.807) is 0 Å². The van der Waals surface area contributed by atoms with Gasteiger partial charge in [0.15, 0.2) is 23.4 Å². The summed E-state index contributed by atoms with van der Waals surface area (Å²) in [4.78, 5) is 15.2. The van der Waals surface area contributed by atoms with Crippen LogP contribution in [0.5, 0.6) is 11.5 Å². The van der Waals surface area contributed by atoms with Crippen molar-refractivity contribution in [2.45, 2.75) is 43.2 Å². The maximum atomic E-state index is 13.1. The number of Topliss-reactive ketones (excluding diaryl/α,β-unsaturated/α-hetero) is 1. The van der Waals surface area contributed by atoms with Crippen LogP contribution in [0, 0.1) is 5.92 Å². The van der Waals surface area contributed by atoms with Gasteiger partial charge in [-0.3, -0.25) is 4.79 Å². The molecule has 1 unspecified atom stereocenters. The molecule has 2 aliphatic heterocycles. The zero-order valence-electron chi connectivity index (χ0n) is 17.7. The second-order valence-electron chi connectivity index (χ2n) is 6.69. The molecule has 0 radical (unpaired) electrons. The standard InChI is InChI=1S/C18H21NO3/c1-19-8-7-18-11-4-5-13(20)17(18)22-16-14(21-2)6-3-10(15(16)18)9-12(11)19/h3,6,11-12,17H,4-5,7-9H2,1-2H3/t11-,12+,17?,18-/m0/s1/i3D,5D2,6D,17D. The number of hydrogen-bond acceptors (Lipinski definition) is 4. The van der Waals surface area contributed by atoms with Crippen LogP contribution in [-0.4, -0.2) is 43.5 Å². The van der Waals surface area contributed by atoms with Gasteiger partial charge in [0.1, 0.15) is 0 Å². The Balaban J connectivity index is 1.91. The van der Waals surface area contributed by atoms with E-state index in [0.717, 1.165) is 0 Å². The summed E-state index contributed by atoms with van der Waals surface area (Å²) in [6.45, 7) is 0.665. The van der Waals surface area contributed by atoms with E-state index < -0.39 is 23.7 Å². The van der Waals surface area contributed by atoms with Gasteiger partial charge in [0.2, 0.25) is 0 Å². The van der Waals surface area contributed by atoms with Crippen molar-refractivity contribution in [2.24, 2.45) is 5.92 Å². The number of hydrogen-bond donors (Lipinski definition) is 0. The summed E-state index contributed by atoms with van der Waals surface area (Å²) >= 11 is 0. The van der Waals surface area contributed by atoms with Gasteiger partial charge >= 0.3 is 0 Å². The maximum Gasteiger partial charge on any atom is 0.174 e. The van der Waals surface area contributed by atoms with Gasteiger partial charge in [-0.15, -0.1) is 0 Å². The fraction of sp³-hybridized carbons (Fsp3) is 0.611. The molecular formula is C18H21NO3. The van der Waals surface area contributed by atoms with E-state index >= 15 is 0 Å². The average molecular weight is 304 g/mol. The van der Waals surface area contributed by atoms with Crippen LogP contribution in [0.3, 0.4) is 0 Å². The summed E-state index contributed by atoms with van der Waals surface area (Å²) in [5.74, 6) is -0.865. The van der Waals surface area contributed by atoms with Crippen LogP contribution in [0.25, 0.3) is 0 Å². The van der Waals surface area contributed by atoms with Gasteiger partial charge in [0.05, 0.1) is 11.2 Å². The molecule has 4 nitrogen and oxygen atoms in total. The number of benzene rings is 1. The van der Waals surface area contributed by atoms with Crippen LogP contribution in [0.2, 0.25) is 0 Å². The van der Waals surface area contributed by atoms with E-state index in [1.165, 1.54) is 7.11 Å². The first kappa shape index (κ1) is 8.92. The second-order valence-corrected chi connectivity index (χ2v) is 6.69. The molecule has 1 spiro atoms. The first-order chi connectivity index (χ1) is 12.6. The number of methoxy groups -OCH3 is 1. The Labute approximate surface area is 137 Å².